The third kappa shape index (κ3) is 6.96. The summed E-state index contributed by atoms with van der Waals surface area (Å²) in [7, 11) is 0. The Morgan fingerprint density at radius 1 is 1.38 bits per heavy atom. The number of carbonyl (C=O) groups excluding carboxylic acids is 1. The molecule has 0 bridgehead atoms. The summed E-state index contributed by atoms with van der Waals surface area (Å²) in [6.07, 6.45) is 1.88. The smallest absolute Gasteiger partial charge is 0.344 e. The van der Waals surface area contributed by atoms with Crippen molar-refractivity contribution in [1.29, 1.82) is 0 Å². The summed E-state index contributed by atoms with van der Waals surface area (Å²) in [5.74, 6) is 0.361. The molecule has 0 aliphatic carbocycles. The van der Waals surface area contributed by atoms with Crippen molar-refractivity contribution in [1.82, 2.24) is 5.32 Å². The van der Waals surface area contributed by atoms with Crippen LogP contribution in [0.3, 0.4) is 0 Å². The van der Waals surface area contributed by atoms with E-state index in [9.17, 15) is 4.79 Å². The lowest BCUT2D eigenvalue weighted by atomic mass is 10.2. The molecule has 5 heteroatoms. The lowest BCUT2D eigenvalue weighted by Gasteiger charge is -2.15. The van der Waals surface area contributed by atoms with Crippen molar-refractivity contribution >= 4 is 21.9 Å². The fourth-order valence-electron chi connectivity index (χ4n) is 1.67. The standard InChI is InChI=1S/C16H24BrNO3/c1-4-5-9-20-15(19)11-21-16-13(10-18-12(2)3)7-6-8-14(16)17/h6-8,12,18H,4-5,9-11H2,1-3H3. The molecule has 0 heterocycles. The first-order chi connectivity index (χ1) is 10.0. The summed E-state index contributed by atoms with van der Waals surface area (Å²) in [6.45, 7) is 7.31. The lowest BCUT2D eigenvalue weighted by Crippen LogP contribution is -2.23. The summed E-state index contributed by atoms with van der Waals surface area (Å²) in [5.41, 5.74) is 1.01. The number of nitrogens with one attached hydrogen (secondary N) is 1. The predicted octanol–water partition coefficient (Wildman–Crippen LogP) is 3.67. The number of hydrogen-bond donors (Lipinski definition) is 1. The van der Waals surface area contributed by atoms with Crippen LogP contribution in [0, 0.1) is 0 Å². The molecule has 0 unspecified atom stereocenters. The van der Waals surface area contributed by atoms with Gasteiger partial charge in [-0.25, -0.2) is 4.79 Å². The number of esters is 1. The molecule has 0 aliphatic rings. The van der Waals surface area contributed by atoms with E-state index in [1.54, 1.807) is 0 Å². The average Bonchev–Trinajstić information content (AvgIpc) is 2.44. The molecule has 118 valence electrons. The van der Waals surface area contributed by atoms with Crippen LogP contribution < -0.4 is 10.1 Å². The van der Waals surface area contributed by atoms with Gasteiger partial charge in [0.2, 0.25) is 0 Å². The van der Waals surface area contributed by atoms with Crippen LogP contribution in [0.15, 0.2) is 22.7 Å². The van der Waals surface area contributed by atoms with Gasteiger partial charge in [0.1, 0.15) is 5.75 Å². The van der Waals surface area contributed by atoms with Crippen LogP contribution in [-0.2, 0) is 16.1 Å². The maximum absolute atomic E-state index is 11.6. The quantitative estimate of drug-likeness (QED) is 0.541. The first-order valence-electron chi connectivity index (χ1n) is 7.33. The molecule has 4 nitrogen and oxygen atoms in total. The largest absolute Gasteiger partial charge is 0.480 e. The highest BCUT2D eigenvalue weighted by atomic mass is 79.9. The van der Waals surface area contributed by atoms with E-state index >= 15 is 0 Å². The van der Waals surface area contributed by atoms with Crippen molar-refractivity contribution in [2.45, 2.75) is 46.2 Å². The second kappa shape index (κ2) is 9.79. The summed E-state index contributed by atoms with van der Waals surface area (Å²) in [4.78, 5) is 11.6. The molecule has 1 aromatic carbocycles. The van der Waals surface area contributed by atoms with Crippen LogP contribution in [-0.4, -0.2) is 25.2 Å². The molecule has 0 fully saturated rings. The summed E-state index contributed by atoms with van der Waals surface area (Å²) >= 11 is 3.46. The van der Waals surface area contributed by atoms with Gasteiger partial charge in [-0.3, -0.25) is 0 Å². The third-order valence-corrected chi connectivity index (χ3v) is 3.47. The van der Waals surface area contributed by atoms with E-state index in [2.05, 4.69) is 42.0 Å². The Morgan fingerprint density at radius 3 is 2.81 bits per heavy atom. The Morgan fingerprint density at radius 2 is 2.14 bits per heavy atom. The number of benzene rings is 1. The van der Waals surface area contributed by atoms with Crippen LogP contribution in [0.4, 0.5) is 0 Å². The van der Waals surface area contributed by atoms with Crippen LogP contribution in [0.5, 0.6) is 5.75 Å². The average molecular weight is 358 g/mol. The molecule has 1 N–H and O–H groups in total. The highest BCUT2D eigenvalue weighted by molar-refractivity contribution is 9.10. The monoisotopic (exact) mass is 357 g/mol. The molecule has 0 radical (unpaired) electrons. The van der Waals surface area contributed by atoms with Gasteiger partial charge in [0.25, 0.3) is 0 Å². The Bertz CT molecular complexity index is 449. The van der Waals surface area contributed by atoms with E-state index in [1.165, 1.54) is 0 Å². The first-order valence-corrected chi connectivity index (χ1v) is 8.13. The van der Waals surface area contributed by atoms with Crippen LogP contribution >= 0.6 is 15.9 Å². The fourth-order valence-corrected chi connectivity index (χ4v) is 2.19. The van der Waals surface area contributed by atoms with Crippen molar-refractivity contribution in [3.05, 3.63) is 28.2 Å². The third-order valence-electron chi connectivity index (χ3n) is 2.84. The van der Waals surface area contributed by atoms with Crippen molar-refractivity contribution in [3.8, 4) is 5.75 Å². The van der Waals surface area contributed by atoms with Gasteiger partial charge in [-0.2, -0.15) is 0 Å². The lowest BCUT2D eigenvalue weighted by molar-refractivity contribution is -0.146. The molecule has 0 atom stereocenters. The van der Waals surface area contributed by atoms with E-state index in [-0.39, 0.29) is 12.6 Å². The van der Waals surface area contributed by atoms with E-state index < -0.39 is 0 Å². The minimum absolute atomic E-state index is 0.0684. The van der Waals surface area contributed by atoms with Gasteiger partial charge in [-0.15, -0.1) is 0 Å². The normalized spacial score (nSPS) is 10.7. The highest BCUT2D eigenvalue weighted by Gasteiger charge is 2.11. The molecular weight excluding hydrogens is 334 g/mol. The zero-order valence-electron chi connectivity index (χ0n) is 12.9. The second-order valence-electron chi connectivity index (χ2n) is 5.13. The maximum Gasteiger partial charge on any atom is 0.344 e. The van der Waals surface area contributed by atoms with E-state index in [0.29, 0.717) is 24.9 Å². The molecule has 0 saturated heterocycles. The number of halogens is 1. The number of ether oxygens (including phenoxy) is 2. The Kier molecular flexibility index (Phi) is 8.38. The molecule has 21 heavy (non-hydrogen) atoms. The SMILES string of the molecule is CCCCOC(=O)COc1c(Br)cccc1CNC(C)C. The van der Waals surface area contributed by atoms with E-state index in [0.717, 1.165) is 22.9 Å². The van der Waals surface area contributed by atoms with Gasteiger partial charge in [-0.1, -0.05) is 39.3 Å². The minimum Gasteiger partial charge on any atom is -0.480 e. The molecule has 1 aromatic rings. The van der Waals surface area contributed by atoms with Crippen LogP contribution in [0.1, 0.15) is 39.2 Å². The zero-order valence-corrected chi connectivity index (χ0v) is 14.5. The van der Waals surface area contributed by atoms with Gasteiger partial charge in [0.15, 0.2) is 6.61 Å². The predicted molar refractivity (Wildman–Crippen MR) is 87.5 cm³/mol. The van der Waals surface area contributed by atoms with Crippen molar-refractivity contribution < 1.29 is 14.3 Å². The second-order valence-corrected chi connectivity index (χ2v) is 5.98. The molecular formula is C16H24BrNO3. The van der Waals surface area contributed by atoms with Crippen molar-refractivity contribution in [2.24, 2.45) is 0 Å². The molecule has 0 aromatic heterocycles. The van der Waals surface area contributed by atoms with Gasteiger partial charge < -0.3 is 14.8 Å². The van der Waals surface area contributed by atoms with Gasteiger partial charge >= 0.3 is 5.97 Å². The van der Waals surface area contributed by atoms with Gasteiger partial charge in [0, 0.05) is 18.2 Å². The number of rotatable bonds is 9. The molecule has 0 saturated carbocycles. The number of hydrogen-bond acceptors (Lipinski definition) is 4. The topological polar surface area (TPSA) is 47.6 Å². The Labute approximate surface area is 135 Å². The van der Waals surface area contributed by atoms with E-state index in [1.807, 2.05) is 18.2 Å². The summed E-state index contributed by atoms with van der Waals surface area (Å²) in [5, 5.41) is 3.34. The maximum atomic E-state index is 11.6. The van der Waals surface area contributed by atoms with Crippen LogP contribution in [0.2, 0.25) is 0 Å². The minimum atomic E-state index is -0.332. The van der Waals surface area contributed by atoms with Crippen molar-refractivity contribution in [2.75, 3.05) is 13.2 Å². The molecule has 0 aliphatic heterocycles. The van der Waals surface area contributed by atoms with Gasteiger partial charge in [-0.05, 0) is 28.4 Å². The number of unbranched alkanes of at least 4 members (excludes halogenated alkanes) is 1. The van der Waals surface area contributed by atoms with Crippen LogP contribution in [0.25, 0.3) is 0 Å². The fraction of sp³-hybridized carbons (Fsp3) is 0.562. The zero-order chi connectivity index (χ0) is 15.7. The van der Waals surface area contributed by atoms with Crippen molar-refractivity contribution in [3.63, 3.8) is 0 Å². The molecule has 0 spiro atoms. The number of para-hydroxylation sites is 1. The summed E-state index contributed by atoms with van der Waals surface area (Å²) < 4.78 is 11.6. The highest BCUT2D eigenvalue weighted by Crippen LogP contribution is 2.29. The van der Waals surface area contributed by atoms with Gasteiger partial charge in [0.05, 0.1) is 11.1 Å². The Hall–Kier alpha value is -1.07. The summed E-state index contributed by atoms with van der Waals surface area (Å²) in [6, 6.07) is 6.22. The number of carbonyl (C=O) groups is 1. The molecule has 1 rings (SSSR count). The molecule has 0 amide bonds. The van der Waals surface area contributed by atoms with E-state index in [4.69, 9.17) is 9.47 Å². The first kappa shape index (κ1) is 18.0. The Balaban J connectivity index is 2.58.